The number of fused-ring (bicyclic) bond motifs is 1. The van der Waals surface area contributed by atoms with Gasteiger partial charge in [-0.3, -0.25) is 4.90 Å². The fraction of sp³-hybridized carbons (Fsp3) is 0.625. The zero-order chi connectivity index (χ0) is 14.1. The second-order valence-electron chi connectivity index (χ2n) is 5.99. The van der Waals surface area contributed by atoms with Crippen LogP contribution in [0.3, 0.4) is 0 Å². The monoisotopic (exact) mass is 278 g/mol. The molecule has 2 aliphatic heterocycles. The van der Waals surface area contributed by atoms with Crippen molar-refractivity contribution in [2.24, 2.45) is 0 Å². The number of hydrogen-bond acceptors (Lipinski definition) is 3. The van der Waals surface area contributed by atoms with Gasteiger partial charge in [-0.05, 0) is 32.4 Å². The van der Waals surface area contributed by atoms with Gasteiger partial charge in [0, 0.05) is 31.2 Å². The molecule has 0 aliphatic carbocycles. The van der Waals surface area contributed by atoms with Crippen molar-refractivity contribution in [3.05, 3.63) is 29.6 Å². The second kappa shape index (κ2) is 5.70. The lowest BCUT2D eigenvalue weighted by Crippen LogP contribution is -2.55. The van der Waals surface area contributed by atoms with E-state index in [1.165, 1.54) is 31.9 Å². The van der Waals surface area contributed by atoms with E-state index >= 15 is 0 Å². The minimum absolute atomic E-state index is 0.215. The first-order valence-electron chi connectivity index (χ1n) is 7.62. The van der Waals surface area contributed by atoms with Crippen LogP contribution in [0.25, 0.3) is 0 Å². The number of aliphatic hydroxyl groups is 1. The molecule has 1 aromatic rings. The Morgan fingerprint density at radius 2 is 2.10 bits per heavy atom. The van der Waals surface area contributed by atoms with Gasteiger partial charge in [-0.2, -0.15) is 0 Å². The molecular weight excluding hydrogens is 255 g/mol. The quantitative estimate of drug-likeness (QED) is 0.900. The molecule has 2 saturated heterocycles. The lowest BCUT2D eigenvalue weighted by Gasteiger charge is -2.45. The van der Waals surface area contributed by atoms with Crippen molar-refractivity contribution >= 4 is 5.69 Å². The predicted molar refractivity (Wildman–Crippen MR) is 78.5 cm³/mol. The summed E-state index contributed by atoms with van der Waals surface area (Å²) in [5.41, 5.74) is 1.31. The average Bonchev–Trinajstić information content (AvgIpc) is 2.46. The molecule has 1 N–H and O–H groups in total. The molecule has 3 rings (SSSR count). The summed E-state index contributed by atoms with van der Waals surface area (Å²) in [5, 5.41) is 9.89. The minimum Gasteiger partial charge on any atom is -0.389 e. The SMILES string of the molecule is C[C@@H](O)c1cccc(F)c1N1CCN2CCCCC2C1. The van der Waals surface area contributed by atoms with E-state index in [1.807, 2.05) is 6.07 Å². The average molecular weight is 278 g/mol. The molecule has 4 heteroatoms. The summed E-state index contributed by atoms with van der Waals surface area (Å²) in [6, 6.07) is 5.54. The van der Waals surface area contributed by atoms with E-state index in [0.29, 0.717) is 17.3 Å². The summed E-state index contributed by atoms with van der Waals surface area (Å²) < 4.78 is 14.3. The van der Waals surface area contributed by atoms with Gasteiger partial charge < -0.3 is 10.0 Å². The van der Waals surface area contributed by atoms with Gasteiger partial charge in [-0.25, -0.2) is 4.39 Å². The van der Waals surface area contributed by atoms with Crippen LogP contribution in [0.4, 0.5) is 10.1 Å². The molecule has 110 valence electrons. The Bertz CT molecular complexity index is 478. The first-order valence-corrected chi connectivity index (χ1v) is 7.62. The van der Waals surface area contributed by atoms with Crippen LogP contribution in [-0.4, -0.2) is 42.2 Å². The Balaban J connectivity index is 1.86. The lowest BCUT2D eigenvalue weighted by molar-refractivity contribution is 0.132. The summed E-state index contributed by atoms with van der Waals surface area (Å²) in [6.07, 6.45) is 3.13. The minimum atomic E-state index is -0.634. The summed E-state index contributed by atoms with van der Waals surface area (Å²) in [4.78, 5) is 4.66. The standard InChI is InChI=1S/C16H23FN2O/c1-12(20)14-6-4-7-15(17)16(14)19-10-9-18-8-3-2-5-13(18)11-19/h4,6-7,12-13,20H,2-3,5,8-11H2,1H3/t12-,13?/m1/s1. The molecule has 0 bridgehead atoms. The zero-order valence-electron chi connectivity index (χ0n) is 12.1. The van der Waals surface area contributed by atoms with Gasteiger partial charge in [0.2, 0.25) is 0 Å². The lowest BCUT2D eigenvalue weighted by atomic mass is 9.98. The summed E-state index contributed by atoms with van der Waals surface area (Å²) in [7, 11) is 0. The maximum atomic E-state index is 14.3. The van der Waals surface area contributed by atoms with Gasteiger partial charge in [-0.1, -0.05) is 18.6 Å². The smallest absolute Gasteiger partial charge is 0.146 e. The molecule has 0 amide bonds. The van der Waals surface area contributed by atoms with Crippen molar-refractivity contribution < 1.29 is 9.50 Å². The fourth-order valence-electron chi connectivity index (χ4n) is 3.56. The maximum Gasteiger partial charge on any atom is 0.146 e. The van der Waals surface area contributed by atoms with Crippen LogP contribution in [0.5, 0.6) is 0 Å². The van der Waals surface area contributed by atoms with E-state index < -0.39 is 6.10 Å². The van der Waals surface area contributed by atoms with Crippen LogP contribution < -0.4 is 4.90 Å². The first-order chi connectivity index (χ1) is 9.66. The fourth-order valence-corrected chi connectivity index (χ4v) is 3.56. The van der Waals surface area contributed by atoms with Gasteiger partial charge >= 0.3 is 0 Å². The Morgan fingerprint density at radius 1 is 1.25 bits per heavy atom. The normalized spacial score (nSPS) is 25.4. The third-order valence-electron chi connectivity index (χ3n) is 4.62. The number of para-hydroxylation sites is 1. The molecule has 1 aromatic carbocycles. The predicted octanol–water partition coefficient (Wildman–Crippen LogP) is 2.55. The van der Waals surface area contributed by atoms with Gasteiger partial charge in [0.1, 0.15) is 5.82 Å². The molecule has 0 aromatic heterocycles. The van der Waals surface area contributed by atoms with Crippen molar-refractivity contribution in [3.63, 3.8) is 0 Å². The van der Waals surface area contributed by atoms with Crippen molar-refractivity contribution in [1.82, 2.24) is 4.90 Å². The van der Waals surface area contributed by atoms with Crippen LogP contribution in [-0.2, 0) is 0 Å². The summed E-state index contributed by atoms with van der Waals surface area (Å²) in [6.45, 7) is 5.60. The van der Waals surface area contributed by atoms with E-state index in [1.54, 1.807) is 13.0 Å². The number of hydrogen-bond donors (Lipinski definition) is 1. The molecular formula is C16H23FN2O. The number of benzene rings is 1. The van der Waals surface area contributed by atoms with Crippen molar-refractivity contribution in [1.29, 1.82) is 0 Å². The first kappa shape index (κ1) is 13.8. The molecule has 0 saturated carbocycles. The van der Waals surface area contributed by atoms with Gasteiger partial charge in [-0.15, -0.1) is 0 Å². The van der Waals surface area contributed by atoms with E-state index in [9.17, 15) is 9.50 Å². The molecule has 2 aliphatic rings. The van der Waals surface area contributed by atoms with Gasteiger partial charge in [0.05, 0.1) is 11.8 Å². The van der Waals surface area contributed by atoms with Crippen LogP contribution >= 0.6 is 0 Å². The Hall–Kier alpha value is -1.13. The molecule has 2 atom stereocenters. The highest BCUT2D eigenvalue weighted by Gasteiger charge is 2.31. The Kier molecular flexibility index (Phi) is 3.94. The van der Waals surface area contributed by atoms with Crippen molar-refractivity contribution in [3.8, 4) is 0 Å². The van der Waals surface area contributed by atoms with Crippen molar-refractivity contribution in [2.45, 2.75) is 38.3 Å². The van der Waals surface area contributed by atoms with E-state index in [4.69, 9.17) is 0 Å². The molecule has 2 heterocycles. The van der Waals surface area contributed by atoms with Crippen molar-refractivity contribution in [2.75, 3.05) is 31.1 Å². The Labute approximate surface area is 120 Å². The molecule has 20 heavy (non-hydrogen) atoms. The summed E-state index contributed by atoms with van der Waals surface area (Å²) in [5.74, 6) is -0.215. The molecule has 0 radical (unpaired) electrons. The number of piperidine rings is 1. The zero-order valence-corrected chi connectivity index (χ0v) is 12.1. The molecule has 1 unspecified atom stereocenters. The number of nitrogens with zero attached hydrogens (tertiary/aromatic N) is 2. The van der Waals surface area contributed by atoms with Crippen LogP contribution in [0.2, 0.25) is 0 Å². The molecule has 2 fully saturated rings. The Morgan fingerprint density at radius 3 is 2.90 bits per heavy atom. The number of halogens is 1. The summed E-state index contributed by atoms with van der Waals surface area (Å²) >= 11 is 0. The highest BCUT2D eigenvalue weighted by molar-refractivity contribution is 5.56. The molecule has 3 nitrogen and oxygen atoms in total. The van der Waals surface area contributed by atoms with E-state index in [2.05, 4.69) is 9.80 Å². The highest BCUT2D eigenvalue weighted by atomic mass is 19.1. The number of anilines is 1. The maximum absolute atomic E-state index is 14.3. The van der Waals surface area contributed by atoms with Gasteiger partial charge in [0.15, 0.2) is 0 Å². The largest absolute Gasteiger partial charge is 0.389 e. The third kappa shape index (κ3) is 2.54. The number of piperazine rings is 1. The number of rotatable bonds is 2. The van der Waals surface area contributed by atoms with E-state index in [-0.39, 0.29) is 5.82 Å². The number of aliphatic hydroxyl groups excluding tert-OH is 1. The van der Waals surface area contributed by atoms with Crippen LogP contribution in [0.1, 0.15) is 37.9 Å². The van der Waals surface area contributed by atoms with Gasteiger partial charge in [0.25, 0.3) is 0 Å². The second-order valence-corrected chi connectivity index (χ2v) is 5.99. The third-order valence-corrected chi connectivity index (χ3v) is 4.62. The van der Waals surface area contributed by atoms with Crippen LogP contribution in [0, 0.1) is 5.82 Å². The molecule has 0 spiro atoms. The van der Waals surface area contributed by atoms with Crippen LogP contribution in [0.15, 0.2) is 18.2 Å². The topological polar surface area (TPSA) is 26.7 Å². The van der Waals surface area contributed by atoms with E-state index in [0.717, 1.165) is 19.6 Å². The highest BCUT2D eigenvalue weighted by Crippen LogP contribution is 2.32.